The standard InChI is InChI=1S/C31H37NO3Si/c1-5-31(25-32,22-21-29(33)35-26-15-9-6-10-16-26)23-24-34-36(30(2,3)4,27-17-11-7-12-18-27)28-19-13-8-14-20-28/h6-20H,5,21-24H2,1-4H3. The van der Waals surface area contributed by atoms with E-state index in [1.165, 1.54) is 10.4 Å². The molecule has 36 heavy (non-hydrogen) atoms. The molecule has 0 radical (unpaired) electrons. The quantitative estimate of drug-likeness (QED) is 0.177. The SMILES string of the molecule is CCC(C#N)(CCO[Si](c1ccccc1)(c1ccccc1)C(C)(C)C)CCC(=O)Oc1ccccc1. The number of hydrogen-bond donors (Lipinski definition) is 0. The third-order valence-corrected chi connectivity index (χ3v) is 12.1. The Hall–Kier alpha value is -3.20. The van der Waals surface area contributed by atoms with Crippen molar-refractivity contribution in [3.05, 3.63) is 91.0 Å². The van der Waals surface area contributed by atoms with Crippen molar-refractivity contribution in [2.45, 2.75) is 58.4 Å². The average molecular weight is 500 g/mol. The molecule has 0 amide bonds. The third kappa shape index (κ3) is 6.32. The summed E-state index contributed by atoms with van der Waals surface area (Å²) < 4.78 is 12.4. The summed E-state index contributed by atoms with van der Waals surface area (Å²) in [4.78, 5) is 12.5. The zero-order chi connectivity index (χ0) is 26.1. The van der Waals surface area contributed by atoms with E-state index in [-0.39, 0.29) is 17.4 Å². The molecule has 3 aromatic carbocycles. The van der Waals surface area contributed by atoms with Crippen molar-refractivity contribution in [3.63, 3.8) is 0 Å². The van der Waals surface area contributed by atoms with E-state index in [1.807, 2.05) is 37.3 Å². The first-order valence-corrected chi connectivity index (χ1v) is 14.6. The number of esters is 1. The van der Waals surface area contributed by atoms with Gasteiger partial charge in [0.15, 0.2) is 0 Å². The van der Waals surface area contributed by atoms with Crippen LogP contribution in [0.3, 0.4) is 0 Å². The first-order chi connectivity index (χ1) is 17.3. The Kier molecular flexibility index (Phi) is 9.25. The van der Waals surface area contributed by atoms with Crippen molar-refractivity contribution in [2.24, 2.45) is 5.41 Å². The van der Waals surface area contributed by atoms with E-state index in [0.717, 1.165) is 0 Å². The molecule has 3 aromatic rings. The molecule has 0 aliphatic rings. The van der Waals surface area contributed by atoms with E-state index in [0.29, 0.717) is 31.6 Å². The van der Waals surface area contributed by atoms with Crippen LogP contribution in [-0.2, 0) is 9.22 Å². The van der Waals surface area contributed by atoms with Crippen LogP contribution in [0.1, 0.15) is 53.4 Å². The van der Waals surface area contributed by atoms with Gasteiger partial charge in [-0.2, -0.15) is 5.26 Å². The molecule has 0 N–H and O–H groups in total. The molecule has 0 aromatic heterocycles. The predicted molar refractivity (Wildman–Crippen MR) is 148 cm³/mol. The fourth-order valence-corrected chi connectivity index (χ4v) is 9.41. The van der Waals surface area contributed by atoms with Gasteiger partial charge in [-0.1, -0.05) is 107 Å². The number of hydrogen-bond acceptors (Lipinski definition) is 4. The summed E-state index contributed by atoms with van der Waals surface area (Å²) >= 11 is 0. The lowest BCUT2D eigenvalue weighted by molar-refractivity contribution is -0.135. The van der Waals surface area contributed by atoms with Gasteiger partial charge in [-0.15, -0.1) is 0 Å². The van der Waals surface area contributed by atoms with Gasteiger partial charge < -0.3 is 9.16 Å². The van der Waals surface area contributed by atoms with Gasteiger partial charge in [-0.25, -0.2) is 0 Å². The first kappa shape index (κ1) is 27.4. The zero-order valence-electron chi connectivity index (χ0n) is 21.9. The second-order valence-electron chi connectivity index (χ2n) is 10.3. The fourth-order valence-electron chi connectivity index (χ4n) is 4.84. The van der Waals surface area contributed by atoms with E-state index in [4.69, 9.17) is 9.16 Å². The largest absolute Gasteiger partial charge is 0.427 e. The Labute approximate surface area is 217 Å². The zero-order valence-corrected chi connectivity index (χ0v) is 22.9. The molecule has 0 aliphatic heterocycles. The summed E-state index contributed by atoms with van der Waals surface area (Å²) in [6.07, 6.45) is 1.83. The van der Waals surface area contributed by atoms with Gasteiger partial charge in [0, 0.05) is 13.0 Å². The third-order valence-electron chi connectivity index (χ3n) is 7.01. The van der Waals surface area contributed by atoms with Crippen molar-refractivity contribution in [1.82, 2.24) is 0 Å². The van der Waals surface area contributed by atoms with Crippen LogP contribution in [0.4, 0.5) is 0 Å². The molecule has 0 saturated carbocycles. The average Bonchev–Trinajstić information content (AvgIpc) is 2.89. The van der Waals surface area contributed by atoms with Crippen LogP contribution in [0.2, 0.25) is 5.04 Å². The molecular formula is C31H37NO3Si. The summed E-state index contributed by atoms with van der Waals surface area (Å²) in [7, 11) is -2.67. The minimum Gasteiger partial charge on any atom is -0.427 e. The molecule has 0 bridgehead atoms. The highest BCUT2D eigenvalue weighted by atomic mass is 28.4. The number of para-hydroxylation sites is 1. The number of carbonyl (C=O) groups excluding carboxylic acids is 1. The summed E-state index contributed by atoms with van der Waals surface area (Å²) in [5.74, 6) is 0.207. The minimum absolute atomic E-state index is 0.128. The fraction of sp³-hybridized carbons (Fsp3) is 0.355. The Balaban J connectivity index is 1.79. The maximum Gasteiger partial charge on any atom is 0.311 e. The van der Waals surface area contributed by atoms with Crippen molar-refractivity contribution in [3.8, 4) is 11.8 Å². The van der Waals surface area contributed by atoms with Gasteiger partial charge in [0.2, 0.25) is 0 Å². The number of rotatable bonds is 11. The lowest BCUT2D eigenvalue weighted by Crippen LogP contribution is -2.66. The van der Waals surface area contributed by atoms with Gasteiger partial charge in [-0.3, -0.25) is 4.79 Å². The van der Waals surface area contributed by atoms with Gasteiger partial charge in [0.05, 0.1) is 11.5 Å². The second-order valence-corrected chi connectivity index (χ2v) is 14.6. The summed E-state index contributed by atoms with van der Waals surface area (Å²) in [6.45, 7) is 9.19. The van der Waals surface area contributed by atoms with Crippen LogP contribution in [0, 0.1) is 16.7 Å². The maximum absolute atomic E-state index is 12.5. The number of nitrogens with zero attached hydrogens (tertiary/aromatic N) is 1. The Morgan fingerprint density at radius 3 is 1.78 bits per heavy atom. The molecule has 0 aliphatic carbocycles. The first-order valence-electron chi connectivity index (χ1n) is 12.7. The van der Waals surface area contributed by atoms with Crippen LogP contribution in [0.15, 0.2) is 91.0 Å². The molecule has 4 nitrogen and oxygen atoms in total. The molecule has 3 rings (SSSR count). The smallest absolute Gasteiger partial charge is 0.311 e. The molecule has 1 atom stereocenters. The lowest BCUT2D eigenvalue weighted by Gasteiger charge is -2.43. The monoisotopic (exact) mass is 499 g/mol. The summed E-state index contributed by atoms with van der Waals surface area (Å²) in [6, 6.07) is 32.6. The molecule has 0 saturated heterocycles. The molecule has 5 heteroatoms. The number of nitriles is 1. The van der Waals surface area contributed by atoms with Crippen molar-refractivity contribution < 1.29 is 14.0 Å². The number of carbonyl (C=O) groups is 1. The summed E-state index contributed by atoms with van der Waals surface area (Å²) in [5.41, 5.74) is -0.652. The predicted octanol–water partition coefficient (Wildman–Crippen LogP) is 6.26. The molecule has 1 unspecified atom stereocenters. The van der Waals surface area contributed by atoms with E-state index in [2.05, 4.69) is 75.4 Å². The highest BCUT2D eigenvalue weighted by Crippen LogP contribution is 2.38. The lowest BCUT2D eigenvalue weighted by atomic mass is 9.79. The van der Waals surface area contributed by atoms with Gasteiger partial charge in [-0.05, 0) is 46.8 Å². The molecule has 0 spiro atoms. The normalized spacial score (nSPS) is 13.4. The van der Waals surface area contributed by atoms with E-state index < -0.39 is 13.7 Å². The topological polar surface area (TPSA) is 59.3 Å². The van der Waals surface area contributed by atoms with Gasteiger partial charge >= 0.3 is 5.97 Å². The van der Waals surface area contributed by atoms with E-state index >= 15 is 0 Å². The van der Waals surface area contributed by atoms with Crippen molar-refractivity contribution in [2.75, 3.05) is 6.61 Å². The molecular weight excluding hydrogens is 462 g/mol. The highest BCUT2D eigenvalue weighted by Gasteiger charge is 2.50. The van der Waals surface area contributed by atoms with Gasteiger partial charge in [0.1, 0.15) is 5.75 Å². The minimum atomic E-state index is -2.67. The van der Waals surface area contributed by atoms with Crippen LogP contribution in [-0.4, -0.2) is 20.9 Å². The van der Waals surface area contributed by atoms with Crippen LogP contribution < -0.4 is 15.1 Å². The Bertz CT molecular complexity index is 1100. The van der Waals surface area contributed by atoms with E-state index in [1.54, 1.807) is 12.1 Å². The molecule has 188 valence electrons. The van der Waals surface area contributed by atoms with E-state index in [9.17, 15) is 10.1 Å². The van der Waals surface area contributed by atoms with Crippen LogP contribution in [0.25, 0.3) is 0 Å². The number of benzene rings is 3. The molecule has 0 heterocycles. The molecule has 0 fully saturated rings. The Morgan fingerprint density at radius 1 is 0.833 bits per heavy atom. The van der Waals surface area contributed by atoms with Crippen molar-refractivity contribution in [1.29, 1.82) is 5.26 Å². The second kappa shape index (κ2) is 12.2. The number of ether oxygens (including phenoxy) is 1. The van der Waals surface area contributed by atoms with Crippen LogP contribution in [0.5, 0.6) is 5.75 Å². The highest BCUT2D eigenvalue weighted by molar-refractivity contribution is 6.99. The maximum atomic E-state index is 12.5. The Morgan fingerprint density at radius 2 is 1.33 bits per heavy atom. The van der Waals surface area contributed by atoms with Crippen LogP contribution >= 0.6 is 0 Å². The summed E-state index contributed by atoms with van der Waals surface area (Å²) in [5, 5.41) is 12.5. The van der Waals surface area contributed by atoms with Gasteiger partial charge in [0.25, 0.3) is 8.32 Å². The van der Waals surface area contributed by atoms with Crippen molar-refractivity contribution >= 4 is 24.7 Å².